The molecule has 4 aromatic rings. The molecular formula is C30H38ClN7O4SSi. The van der Waals surface area contributed by atoms with Crippen molar-refractivity contribution in [2.24, 2.45) is 0 Å². The van der Waals surface area contributed by atoms with Gasteiger partial charge in [0.15, 0.2) is 10.7 Å². The van der Waals surface area contributed by atoms with E-state index in [2.05, 4.69) is 34.8 Å². The molecule has 14 heteroatoms. The first-order valence-corrected chi connectivity index (χ1v) is 19.8. The Balaban J connectivity index is 1.38. The van der Waals surface area contributed by atoms with E-state index in [1.165, 1.54) is 16.2 Å². The maximum Gasteiger partial charge on any atom is 0.404 e. The number of rotatable bonds is 9. The summed E-state index contributed by atoms with van der Waals surface area (Å²) in [5, 5.41) is 12.9. The third-order valence-corrected chi connectivity index (χ3v) is 11.8. The standard InChI is InChI=1S/C30H38ClN7O4SSi/c1-36(2)29(39)28-34-22-9-8-20(24(31)26(22)43-28)21-15-37(16-42-10-11-44(3,4)5)27-25(21)32-14-23(35-27)38-18-6-7-19(38)13-17(12-18)33-30(40)41/h8-9,14-15,17-19,33H,6-7,10-13,16H2,1-5H3,(H,40,41). The normalized spacial score (nSPS) is 20.0. The van der Waals surface area contributed by atoms with Crippen molar-refractivity contribution < 1.29 is 19.4 Å². The predicted octanol–water partition coefficient (Wildman–Crippen LogP) is 6.14. The van der Waals surface area contributed by atoms with Crippen LogP contribution in [0.25, 0.3) is 32.5 Å². The molecule has 2 atom stereocenters. The largest absolute Gasteiger partial charge is 0.465 e. The van der Waals surface area contributed by atoms with Crippen LogP contribution in [0, 0.1) is 0 Å². The lowest BCUT2D eigenvalue weighted by molar-refractivity contribution is 0.0827. The fraction of sp³-hybridized carbons (Fsp3) is 0.500. The molecule has 5 heterocycles. The van der Waals surface area contributed by atoms with Gasteiger partial charge in [-0.2, -0.15) is 0 Å². The minimum Gasteiger partial charge on any atom is -0.465 e. The van der Waals surface area contributed by atoms with E-state index >= 15 is 0 Å². The van der Waals surface area contributed by atoms with Gasteiger partial charge in [0.2, 0.25) is 0 Å². The van der Waals surface area contributed by atoms with Crippen molar-refractivity contribution in [2.45, 2.75) is 76.2 Å². The van der Waals surface area contributed by atoms with E-state index in [9.17, 15) is 14.7 Å². The second kappa shape index (κ2) is 11.9. The molecule has 2 fully saturated rings. The number of carbonyl (C=O) groups excluding carboxylic acids is 1. The average Bonchev–Trinajstić information content (AvgIpc) is 3.62. The van der Waals surface area contributed by atoms with Crippen LogP contribution in [-0.2, 0) is 11.5 Å². The summed E-state index contributed by atoms with van der Waals surface area (Å²) in [6.45, 7) is 7.99. The molecule has 2 aliphatic rings. The van der Waals surface area contributed by atoms with Gasteiger partial charge in [-0.1, -0.05) is 37.3 Å². The Labute approximate surface area is 266 Å². The summed E-state index contributed by atoms with van der Waals surface area (Å²) in [7, 11) is 2.15. The van der Waals surface area contributed by atoms with Gasteiger partial charge >= 0.3 is 6.09 Å². The Kier molecular flexibility index (Phi) is 8.33. The number of nitrogens with one attached hydrogen (secondary N) is 1. The van der Waals surface area contributed by atoms with E-state index in [1.807, 2.05) is 29.1 Å². The summed E-state index contributed by atoms with van der Waals surface area (Å²) in [6, 6.07) is 5.23. The van der Waals surface area contributed by atoms with Crippen molar-refractivity contribution in [1.29, 1.82) is 0 Å². The topological polar surface area (TPSA) is 126 Å². The molecule has 0 aliphatic carbocycles. The molecule has 0 radical (unpaired) electrons. The lowest BCUT2D eigenvalue weighted by Crippen LogP contribution is -2.50. The van der Waals surface area contributed by atoms with Crippen molar-refractivity contribution in [3.8, 4) is 11.1 Å². The molecule has 2 saturated heterocycles. The molecule has 6 rings (SSSR count). The zero-order chi connectivity index (χ0) is 31.3. The number of halogens is 1. The lowest BCUT2D eigenvalue weighted by atomic mass is 9.97. The van der Waals surface area contributed by atoms with E-state index in [0.717, 1.165) is 53.4 Å². The minimum absolute atomic E-state index is 0.0505. The quantitative estimate of drug-likeness (QED) is 0.163. The Morgan fingerprint density at radius 2 is 1.89 bits per heavy atom. The molecular weight excluding hydrogens is 618 g/mol. The van der Waals surface area contributed by atoms with E-state index < -0.39 is 14.2 Å². The van der Waals surface area contributed by atoms with Crippen molar-refractivity contribution in [3.05, 3.63) is 34.6 Å². The summed E-state index contributed by atoms with van der Waals surface area (Å²) in [5.74, 6) is 0.633. The highest BCUT2D eigenvalue weighted by molar-refractivity contribution is 7.21. The first-order valence-electron chi connectivity index (χ1n) is 14.9. The summed E-state index contributed by atoms with van der Waals surface area (Å²) in [6.07, 6.45) is 6.34. The highest BCUT2D eigenvalue weighted by atomic mass is 35.5. The minimum atomic E-state index is -1.26. The summed E-state index contributed by atoms with van der Waals surface area (Å²) in [5.41, 5.74) is 3.73. The van der Waals surface area contributed by atoms with Crippen LogP contribution in [-0.4, -0.2) is 88.4 Å². The number of piperidine rings is 1. The van der Waals surface area contributed by atoms with Gasteiger partial charge < -0.3 is 29.5 Å². The third kappa shape index (κ3) is 6.02. The molecule has 0 saturated carbocycles. The zero-order valence-electron chi connectivity index (χ0n) is 25.6. The van der Waals surface area contributed by atoms with Crippen LogP contribution in [0.2, 0.25) is 30.7 Å². The number of amides is 2. The number of thiazole rings is 1. The SMILES string of the molecule is CN(C)C(=O)c1nc2ccc(-c3cn(COCC[Si](C)(C)C)c4nc(N5C6CCC5CC(NC(=O)O)C6)cnc34)c(Cl)c2s1. The second-order valence-corrected chi connectivity index (χ2v) is 20.2. The fourth-order valence-corrected chi connectivity index (χ4v) is 8.45. The Hall–Kier alpha value is -3.26. The molecule has 0 spiro atoms. The van der Waals surface area contributed by atoms with E-state index in [-0.39, 0.29) is 24.0 Å². The number of ether oxygens (including phenoxy) is 1. The zero-order valence-corrected chi connectivity index (χ0v) is 28.2. The molecule has 234 valence electrons. The van der Waals surface area contributed by atoms with Crippen LogP contribution in [0.3, 0.4) is 0 Å². The van der Waals surface area contributed by atoms with Crippen LogP contribution >= 0.6 is 22.9 Å². The van der Waals surface area contributed by atoms with Gasteiger partial charge in [0.1, 0.15) is 18.1 Å². The number of hydrogen-bond acceptors (Lipinski definition) is 8. The maximum absolute atomic E-state index is 12.6. The highest BCUT2D eigenvalue weighted by Crippen LogP contribution is 2.42. The average molecular weight is 656 g/mol. The van der Waals surface area contributed by atoms with Crippen LogP contribution in [0.4, 0.5) is 10.6 Å². The number of benzene rings is 1. The van der Waals surface area contributed by atoms with Crippen molar-refractivity contribution in [3.63, 3.8) is 0 Å². The molecule has 3 aromatic heterocycles. The van der Waals surface area contributed by atoms with Crippen molar-refractivity contribution in [1.82, 2.24) is 29.7 Å². The summed E-state index contributed by atoms with van der Waals surface area (Å²) in [4.78, 5) is 42.3. The van der Waals surface area contributed by atoms with E-state index in [1.54, 1.807) is 14.1 Å². The first-order chi connectivity index (χ1) is 20.9. The maximum atomic E-state index is 12.6. The van der Waals surface area contributed by atoms with Gasteiger partial charge in [-0.25, -0.2) is 19.7 Å². The number of anilines is 1. The van der Waals surface area contributed by atoms with Gasteiger partial charge in [0.25, 0.3) is 5.91 Å². The number of carbonyl (C=O) groups is 2. The molecule has 2 unspecified atom stereocenters. The predicted molar refractivity (Wildman–Crippen MR) is 177 cm³/mol. The lowest BCUT2D eigenvalue weighted by Gasteiger charge is -2.39. The number of fused-ring (bicyclic) bond motifs is 4. The fourth-order valence-electron chi connectivity index (χ4n) is 6.29. The third-order valence-electron chi connectivity index (χ3n) is 8.48. The monoisotopic (exact) mass is 655 g/mol. The number of carboxylic acid groups (broad SMARTS) is 1. The van der Waals surface area contributed by atoms with Crippen LogP contribution < -0.4 is 10.2 Å². The number of hydrogen-bond donors (Lipinski definition) is 2. The van der Waals surface area contributed by atoms with E-state index in [0.29, 0.717) is 40.0 Å². The number of aromatic nitrogens is 4. The number of nitrogens with zero attached hydrogens (tertiary/aromatic N) is 6. The molecule has 2 N–H and O–H groups in total. The highest BCUT2D eigenvalue weighted by Gasteiger charge is 2.42. The second-order valence-electron chi connectivity index (χ2n) is 13.2. The molecule has 2 bridgehead atoms. The summed E-state index contributed by atoms with van der Waals surface area (Å²) < 4.78 is 8.92. The Morgan fingerprint density at radius 1 is 1.16 bits per heavy atom. The van der Waals surface area contributed by atoms with Gasteiger partial charge in [-0.3, -0.25) is 4.79 Å². The van der Waals surface area contributed by atoms with Gasteiger partial charge in [0, 0.05) is 64.2 Å². The summed E-state index contributed by atoms with van der Waals surface area (Å²) >= 11 is 8.30. The van der Waals surface area contributed by atoms with Crippen LogP contribution in [0.15, 0.2) is 24.5 Å². The van der Waals surface area contributed by atoms with Crippen LogP contribution in [0.1, 0.15) is 35.5 Å². The van der Waals surface area contributed by atoms with Crippen LogP contribution in [0.5, 0.6) is 0 Å². The van der Waals surface area contributed by atoms with Crippen molar-refractivity contribution >= 4 is 70.2 Å². The Morgan fingerprint density at radius 3 is 2.55 bits per heavy atom. The molecule has 44 heavy (non-hydrogen) atoms. The molecule has 2 amide bonds. The Bertz CT molecular complexity index is 1720. The molecule has 11 nitrogen and oxygen atoms in total. The first kappa shape index (κ1) is 30.7. The molecule has 1 aromatic carbocycles. The molecule has 2 aliphatic heterocycles. The van der Waals surface area contributed by atoms with Gasteiger partial charge in [-0.15, -0.1) is 11.3 Å². The van der Waals surface area contributed by atoms with Gasteiger partial charge in [0.05, 0.1) is 21.4 Å². The van der Waals surface area contributed by atoms with E-state index in [4.69, 9.17) is 26.3 Å². The van der Waals surface area contributed by atoms with Gasteiger partial charge in [-0.05, 0) is 37.8 Å². The van der Waals surface area contributed by atoms with Crippen molar-refractivity contribution in [2.75, 3.05) is 25.6 Å². The smallest absolute Gasteiger partial charge is 0.404 e.